The number of anilines is 1. The second kappa shape index (κ2) is 6.76. The molecule has 0 bridgehead atoms. The summed E-state index contributed by atoms with van der Waals surface area (Å²) in [5.74, 6) is 0.749. The Bertz CT molecular complexity index is 1060. The fourth-order valence-electron chi connectivity index (χ4n) is 3.40. The quantitative estimate of drug-likeness (QED) is 0.574. The fourth-order valence-corrected chi connectivity index (χ4v) is 3.40. The Kier molecular flexibility index (Phi) is 3.98. The monoisotopic (exact) mass is 362 g/mol. The van der Waals surface area contributed by atoms with Crippen molar-refractivity contribution in [3.8, 4) is 0 Å². The van der Waals surface area contributed by atoms with Gasteiger partial charge in [0, 0.05) is 32.0 Å². The maximum Gasteiger partial charge on any atom is 0.144 e. The molecule has 1 aliphatic rings. The molecule has 0 radical (unpaired) electrons. The van der Waals surface area contributed by atoms with Crippen LogP contribution in [0, 0.1) is 0 Å². The lowest BCUT2D eigenvalue weighted by Crippen LogP contribution is -2.33. The summed E-state index contributed by atoms with van der Waals surface area (Å²) in [4.78, 5) is 10.7. The molecule has 0 spiro atoms. The van der Waals surface area contributed by atoms with Crippen LogP contribution in [0.5, 0.6) is 0 Å². The van der Waals surface area contributed by atoms with Crippen molar-refractivity contribution in [1.82, 2.24) is 35.0 Å². The Morgan fingerprint density at radius 3 is 3.07 bits per heavy atom. The molecule has 1 aliphatic heterocycles. The Morgan fingerprint density at radius 1 is 1.15 bits per heavy atom. The predicted molar refractivity (Wildman–Crippen MR) is 97.5 cm³/mol. The molecule has 4 aromatic rings. The van der Waals surface area contributed by atoms with Crippen LogP contribution in [0.1, 0.15) is 17.0 Å². The molecule has 0 saturated heterocycles. The third-order valence-corrected chi connectivity index (χ3v) is 4.70. The number of hydrogen-bond acceptors (Lipinski definition) is 8. The van der Waals surface area contributed by atoms with E-state index in [-0.39, 0.29) is 0 Å². The highest BCUT2D eigenvalue weighted by Crippen LogP contribution is 2.20. The van der Waals surface area contributed by atoms with Gasteiger partial charge in [-0.15, -0.1) is 0 Å². The first kappa shape index (κ1) is 15.9. The van der Waals surface area contributed by atoms with Crippen LogP contribution in [0.4, 0.5) is 5.82 Å². The fraction of sp³-hybridized carbons (Fsp3) is 0.278. The van der Waals surface area contributed by atoms with Crippen LogP contribution in [0.2, 0.25) is 0 Å². The molecule has 5 rings (SSSR count). The van der Waals surface area contributed by atoms with Gasteiger partial charge in [0.25, 0.3) is 0 Å². The average molecular weight is 362 g/mol. The van der Waals surface area contributed by atoms with Crippen LogP contribution in [0.15, 0.2) is 47.5 Å². The number of nitrogens with zero attached hydrogens (tertiary/aromatic N) is 7. The number of rotatable bonds is 5. The van der Waals surface area contributed by atoms with Gasteiger partial charge in [0.1, 0.15) is 16.9 Å². The average Bonchev–Trinajstić information content (AvgIpc) is 3.34. The van der Waals surface area contributed by atoms with Crippen molar-refractivity contribution >= 4 is 16.9 Å². The largest absolute Gasteiger partial charge is 0.363 e. The van der Waals surface area contributed by atoms with E-state index in [0.29, 0.717) is 6.54 Å². The van der Waals surface area contributed by atoms with Gasteiger partial charge < -0.3 is 5.32 Å². The minimum Gasteiger partial charge on any atom is -0.363 e. The van der Waals surface area contributed by atoms with Crippen molar-refractivity contribution in [2.75, 3.05) is 11.9 Å². The lowest BCUT2D eigenvalue weighted by atomic mass is 10.1. The van der Waals surface area contributed by atoms with Gasteiger partial charge in [-0.2, -0.15) is 5.10 Å². The Morgan fingerprint density at radius 2 is 2.15 bits per heavy atom. The molecular weight excluding hydrogens is 344 g/mol. The summed E-state index contributed by atoms with van der Waals surface area (Å²) in [6.45, 7) is 4.09. The molecule has 0 saturated carbocycles. The molecule has 0 amide bonds. The maximum absolute atomic E-state index is 4.87. The van der Waals surface area contributed by atoms with Crippen LogP contribution < -0.4 is 5.32 Å². The zero-order valence-electron chi connectivity index (χ0n) is 14.6. The van der Waals surface area contributed by atoms with Gasteiger partial charge in [-0.25, -0.2) is 9.61 Å². The van der Waals surface area contributed by atoms with Gasteiger partial charge in [0.2, 0.25) is 0 Å². The number of hydrogen-bond donors (Lipinski definition) is 1. The minimum absolute atomic E-state index is 0.628. The normalized spacial score (nSPS) is 14.4. The van der Waals surface area contributed by atoms with E-state index in [0.717, 1.165) is 54.3 Å². The molecule has 4 heterocycles. The number of nitrogens with one attached hydrogen (secondary N) is 1. The Hall–Kier alpha value is -3.33. The molecule has 0 atom stereocenters. The number of aromatic nitrogens is 6. The molecular formula is C18H18N8O. The molecule has 0 aliphatic carbocycles. The Balaban J connectivity index is 1.27. The smallest absolute Gasteiger partial charge is 0.144 e. The van der Waals surface area contributed by atoms with E-state index >= 15 is 0 Å². The predicted octanol–water partition coefficient (Wildman–Crippen LogP) is 1.84. The summed E-state index contributed by atoms with van der Waals surface area (Å²) >= 11 is 0. The van der Waals surface area contributed by atoms with Crippen molar-refractivity contribution in [2.45, 2.75) is 26.2 Å². The van der Waals surface area contributed by atoms with Crippen molar-refractivity contribution < 1.29 is 4.63 Å². The molecule has 0 fully saturated rings. The molecule has 1 aromatic carbocycles. The summed E-state index contributed by atoms with van der Waals surface area (Å²) < 4.78 is 6.95. The second-order valence-electron chi connectivity index (χ2n) is 6.55. The van der Waals surface area contributed by atoms with E-state index in [2.05, 4.69) is 47.3 Å². The first-order valence-electron chi connectivity index (χ1n) is 8.83. The molecule has 136 valence electrons. The lowest BCUT2D eigenvalue weighted by molar-refractivity contribution is 0.205. The zero-order chi connectivity index (χ0) is 18.1. The molecule has 9 heteroatoms. The van der Waals surface area contributed by atoms with E-state index in [9.17, 15) is 0 Å². The standard InChI is InChI=1S/C18H18N8O/c1-2-13(18-16(3-1)23-27-24-18)11-25-6-7-26-15(12-25)8-14(22-26)9-21-17-10-19-4-5-20-17/h1-5,8,10H,6-7,9,11-12H2,(H,20,21). The van der Waals surface area contributed by atoms with E-state index in [1.54, 1.807) is 18.6 Å². The number of benzene rings is 1. The van der Waals surface area contributed by atoms with Gasteiger partial charge in [-0.3, -0.25) is 14.6 Å². The summed E-state index contributed by atoms with van der Waals surface area (Å²) in [6, 6.07) is 8.13. The van der Waals surface area contributed by atoms with Crippen molar-refractivity contribution in [3.63, 3.8) is 0 Å². The van der Waals surface area contributed by atoms with Crippen LogP contribution in [-0.4, -0.2) is 41.5 Å². The summed E-state index contributed by atoms with van der Waals surface area (Å²) in [7, 11) is 0. The van der Waals surface area contributed by atoms with E-state index in [1.807, 2.05) is 12.1 Å². The van der Waals surface area contributed by atoms with Gasteiger partial charge in [-0.1, -0.05) is 12.1 Å². The minimum atomic E-state index is 0.628. The third kappa shape index (κ3) is 3.24. The highest BCUT2D eigenvalue weighted by molar-refractivity contribution is 5.76. The van der Waals surface area contributed by atoms with Crippen LogP contribution in [0.25, 0.3) is 11.0 Å². The third-order valence-electron chi connectivity index (χ3n) is 4.70. The van der Waals surface area contributed by atoms with E-state index < -0.39 is 0 Å². The van der Waals surface area contributed by atoms with Gasteiger partial charge in [-0.05, 0) is 28.0 Å². The summed E-state index contributed by atoms with van der Waals surface area (Å²) in [6.07, 6.45) is 5.03. The highest BCUT2D eigenvalue weighted by atomic mass is 16.6. The van der Waals surface area contributed by atoms with Crippen molar-refractivity contribution in [1.29, 1.82) is 0 Å². The zero-order valence-corrected chi connectivity index (χ0v) is 14.6. The van der Waals surface area contributed by atoms with Gasteiger partial charge in [0.05, 0.1) is 30.7 Å². The molecule has 27 heavy (non-hydrogen) atoms. The SMILES string of the molecule is c1cc(CN2CCn3nc(CNc4cnccn4)cc3C2)c2nonc2c1. The molecule has 3 aromatic heterocycles. The van der Waals surface area contributed by atoms with Gasteiger partial charge >= 0.3 is 0 Å². The van der Waals surface area contributed by atoms with Gasteiger partial charge in [0.15, 0.2) is 0 Å². The summed E-state index contributed by atoms with van der Waals surface area (Å²) in [5, 5.41) is 15.9. The highest BCUT2D eigenvalue weighted by Gasteiger charge is 2.20. The van der Waals surface area contributed by atoms with Crippen molar-refractivity contribution in [2.24, 2.45) is 0 Å². The van der Waals surface area contributed by atoms with E-state index in [4.69, 9.17) is 9.73 Å². The topological polar surface area (TPSA) is 97.8 Å². The first-order chi connectivity index (χ1) is 13.3. The summed E-state index contributed by atoms with van der Waals surface area (Å²) in [5.41, 5.74) is 4.98. The Labute approximate surface area is 155 Å². The molecule has 0 unspecified atom stereocenters. The molecule has 1 N–H and O–H groups in total. The van der Waals surface area contributed by atoms with Crippen LogP contribution in [0.3, 0.4) is 0 Å². The second-order valence-corrected chi connectivity index (χ2v) is 6.55. The van der Waals surface area contributed by atoms with E-state index in [1.165, 1.54) is 5.69 Å². The van der Waals surface area contributed by atoms with Crippen LogP contribution in [-0.2, 0) is 26.2 Å². The number of fused-ring (bicyclic) bond motifs is 2. The van der Waals surface area contributed by atoms with Crippen molar-refractivity contribution in [3.05, 3.63) is 59.8 Å². The maximum atomic E-state index is 4.87. The molecule has 9 nitrogen and oxygen atoms in total. The lowest BCUT2D eigenvalue weighted by Gasteiger charge is -2.27. The first-order valence-corrected chi connectivity index (χ1v) is 8.83. The van der Waals surface area contributed by atoms with Crippen LogP contribution >= 0.6 is 0 Å².